The van der Waals surface area contributed by atoms with Crippen LogP contribution in [0.2, 0.25) is 0 Å². The minimum Gasteiger partial charge on any atom is -0.444 e. The number of amides is 1. The van der Waals surface area contributed by atoms with Gasteiger partial charge in [-0.25, -0.2) is 4.79 Å². The topological polar surface area (TPSA) is 57.2 Å². The van der Waals surface area contributed by atoms with Gasteiger partial charge < -0.3 is 23.8 Å². The van der Waals surface area contributed by atoms with Gasteiger partial charge in [0.05, 0.1) is 32.5 Å². The Morgan fingerprint density at radius 3 is 2.52 bits per heavy atom. The zero-order valence-electron chi connectivity index (χ0n) is 13.3. The lowest BCUT2D eigenvalue weighted by molar-refractivity contribution is -0.129. The first-order valence-electron chi connectivity index (χ1n) is 7.73. The second kappa shape index (κ2) is 7.42. The molecular weight excluding hydrogens is 274 g/mol. The summed E-state index contributed by atoms with van der Waals surface area (Å²) in [5.74, 6) is 0. The van der Waals surface area contributed by atoms with Crippen LogP contribution in [0.1, 0.15) is 33.6 Å². The molecule has 21 heavy (non-hydrogen) atoms. The first kappa shape index (κ1) is 16.5. The van der Waals surface area contributed by atoms with E-state index in [1.807, 2.05) is 20.8 Å². The van der Waals surface area contributed by atoms with Crippen LogP contribution in [0.5, 0.6) is 0 Å². The molecule has 2 fully saturated rings. The lowest BCUT2D eigenvalue weighted by Crippen LogP contribution is -2.44. The van der Waals surface area contributed by atoms with Crippen LogP contribution in [-0.4, -0.2) is 68.3 Å². The van der Waals surface area contributed by atoms with Crippen molar-refractivity contribution < 1.29 is 23.7 Å². The van der Waals surface area contributed by atoms with Gasteiger partial charge in [-0.2, -0.15) is 0 Å². The fourth-order valence-corrected chi connectivity index (χ4v) is 2.41. The van der Waals surface area contributed by atoms with Gasteiger partial charge in [0.15, 0.2) is 0 Å². The van der Waals surface area contributed by atoms with E-state index in [9.17, 15) is 4.79 Å². The quantitative estimate of drug-likeness (QED) is 0.796. The Hall–Kier alpha value is -0.850. The maximum atomic E-state index is 12.0. The average Bonchev–Trinajstić information content (AvgIpc) is 2.45. The smallest absolute Gasteiger partial charge is 0.410 e. The zero-order chi connectivity index (χ0) is 15.3. The summed E-state index contributed by atoms with van der Waals surface area (Å²) in [6.07, 6.45) is 1.68. The van der Waals surface area contributed by atoms with Crippen molar-refractivity contribution in [1.29, 1.82) is 0 Å². The predicted octanol–water partition coefficient (Wildman–Crippen LogP) is 1.82. The van der Waals surface area contributed by atoms with E-state index in [1.54, 1.807) is 4.90 Å². The van der Waals surface area contributed by atoms with Crippen LogP contribution in [0.3, 0.4) is 0 Å². The Bertz CT molecular complexity index is 327. The molecule has 0 saturated carbocycles. The van der Waals surface area contributed by atoms with E-state index in [2.05, 4.69) is 0 Å². The first-order chi connectivity index (χ1) is 9.94. The van der Waals surface area contributed by atoms with Crippen LogP contribution in [0.25, 0.3) is 0 Å². The van der Waals surface area contributed by atoms with Crippen molar-refractivity contribution in [2.24, 2.45) is 0 Å². The monoisotopic (exact) mass is 301 g/mol. The summed E-state index contributed by atoms with van der Waals surface area (Å²) in [4.78, 5) is 13.7. The molecule has 0 N–H and O–H groups in total. The van der Waals surface area contributed by atoms with Crippen LogP contribution < -0.4 is 0 Å². The van der Waals surface area contributed by atoms with Crippen LogP contribution in [-0.2, 0) is 18.9 Å². The molecule has 0 aromatic carbocycles. The molecular formula is C15H27NO5. The molecule has 1 atom stereocenters. The molecule has 0 aromatic heterocycles. The highest BCUT2D eigenvalue weighted by molar-refractivity contribution is 5.68. The molecule has 6 heteroatoms. The van der Waals surface area contributed by atoms with Crippen molar-refractivity contribution in [2.45, 2.75) is 51.4 Å². The summed E-state index contributed by atoms with van der Waals surface area (Å²) in [5.41, 5.74) is -0.442. The van der Waals surface area contributed by atoms with Crippen molar-refractivity contribution in [1.82, 2.24) is 4.90 Å². The van der Waals surface area contributed by atoms with Crippen molar-refractivity contribution in [3.8, 4) is 0 Å². The largest absolute Gasteiger partial charge is 0.444 e. The highest BCUT2D eigenvalue weighted by atomic mass is 16.6. The highest BCUT2D eigenvalue weighted by Gasteiger charge is 2.27. The lowest BCUT2D eigenvalue weighted by Gasteiger charge is -2.34. The van der Waals surface area contributed by atoms with Crippen LogP contribution in [0.15, 0.2) is 0 Å². The fraction of sp³-hybridized carbons (Fsp3) is 0.933. The molecule has 2 rings (SSSR count). The predicted molar refractivity (Wildman–Crippen MR) is 77.3 cm³/mol. The molecule has 6 nitrogen and oxygen atoms in total. The van der Waals surface area contributed by atoms with E-state index in [1.165, 1.54) is 0 Å². The van der Waals surface area contributed by atoms with Gasteiger partial charge >= 0.3 is 6.09 Å². The number of carbonyl (C=O) groups excluding carboxylic acids is 1. The van der Waals surface area contributed by atoms with Gasteiger partial charge in [0.25, 0.3) is 0 Å². The Morgan fingerprint density at radius 1 is 1.24 bits per heavy atom. The third kappa shape index (κ3) is 5.80. The minimum absolute atomic E-state index is 0.0441. The maximum Gasteiger partial charge on any atom is 0.410 e. The number of piperidine rings is 1. The SMILES string of the molecule is CC(C)(C)OC(=O)N1CCC(OC[C@H]2COCCO2)CC1. The molecule has 2 aliphatic rings. The zero-order valence-corrected chi connectivity index (χ0v) is 13.3. The summed E-state index contributed by atoms with van der Waals surface area (Å²) in [6.45, 7) is 9.50. The van der Waals surface area contributed by atoms with Gasteiger partial charge in [0.2, 0.25) is 0 Å². The molecule has 0 aliphatic carbocycles. The summed E-state index contributed by atoms with van der Waals surface area (Å²) < 4.78 is 22.1. The van der Waals surface area contributed by atoms with E-state index < -0.39 is 5.60 Å². The maximum absolute atomic E-state index is 12.0. The number of ether oxygens (including phenoxy) is 4. The fourth-order valence-electron chi connectivity index (χ4n) is 2.41. The molecule has 0 bridgehead atoms. The lowest BCUT2D eigenvalue weighted by atomic mass is 10.1. The van der Waals surface area contributed by atoms with E-state index in [-0.39, 0.29) is 18.3 Å². The number of rotatable bonds is 3. The van der Waals surface area contributed by atoms with Gasteiger partial charge in [-0.15, -0.1) is 0 Å². The third-order valence-corrected chi connectivity index (χ3v) is 3.50. The number of carbonyl (C=O) groups is 1. The van der Waals surface area contributed by atoms with Crippen molar-refractivity contribution in [3.63, 3.8) is 0 Å². The summed E-state index contributed by atoms with van der Waals surface area (Å²) in [5, 5.41) is 0. The molecule has 0 aromatic rings. The Kier molecular flexibility index (Phi) is 5.84. The van der Waals surface area contributed by atoms with Gasteiger partial charge in [0.1, 0.15) is 11.7 Å². The second-order valence-corrected chi connectivity index (χ2v) is 6.57. The van der Waals surface area contributed by atoms with Gasteiger partial charge in [-0.3, -0.25) is 0 Å². The summed E-state index contributed by atoms with van der Waals surface area (Å²) in [7, 11) is 0. The van der Waals surface area contributed by atoms with Crippen molar-refractivity contribution >= 4 is 6.09 Å². The normalized spacial score (nSPS) is 24.9. The van der Waals surface area contributed by atoms with E-state index in [0.29, 0.717) is 39.5 Å². The molecule has 0 radical (unpaired) electrons. The molecule has 1 amide bonds. The third-order valence-electron chi connectivity index (χ3n) is 3.50. The molecule has 0 spiro atoms. The first-order valence-corrected chi connectivity index (χ1v) is 7.73. The van der Waals surface area contributed by atoms with Gasteiger partial charge in [-0.05, 0) is 33.6 Å². The number of nitrogens with zero attached hydrogens (tertiary/aromatic N) is 1. The van der Waals surface area contributed by atoms with E-state index in [0.717, 1.165) is 12.8 Å². The molecule has 2 aliphatic heterocycles. The highest BCUT2D eigenvalue weighted by Crippen LogP contribution is 2.18. The number of hydrogen-bond donors (Lipinski definition) is 0. The van der Waals surface area contributed by atoms with Gasteiger partial charge in [-0.1, -0.05) is 0 Å². The average molecular weight is 301 g/mol. The second-order valence-electron chi connectivity index (χ2n) is 6.57. The molecule has 2 saturated heterocycles. The van der Waals surface area contributed by atoms with Crippen LogP contribution in [0, 0.1) is 0 Å². The number of hydrogen-bond acceptors (Lipinski definition) is 5. The standard InChI is InChI=1S/C15H27NO5/c1-15(2,3)21-14(17)16-6-4-12(5-7-16)20-11-13-10-18-8-9-19-13/h12-13H,4-11H2,1-3H3/t13-/m1/s1. The van der Waals surface area contributed by atoms with Crippen LogP contribution in [0.4, 0.5) is 4.79 Å². The van der Waals surface area contributed by atoms with E-state index >= 15 is 0 Å². The van der Waals surface area contributed by atoms with Crippen molar-refractivity contribution in [2.75, 3.05) is 39.5 Å². The summed E-state index contributed by atoms with van der Waals surface area (Å²) in [6, 6.07) is 0. The summed E-state index contributed by atoms with van der Waals surface area (Å²) >= 11 is 0. The minimum atomic E-state index is -0.442. The van der Waals surface area contributed by atoms with Crippen molar-refractivity contribution in [3.05, 3.63) is 0 Å². The van der Waals surface area contributed by atoms with Crippen LogP contribution >= 0.6 is 0 Å². The Morgan fingerprint density at radius 2 is 1.95 bits per heavy atom. The Balaban J connectivity index is 1.64. The molecule has 0 unspecified atom stereocenters. The molecule has 2 heterocycles. The van der Waals surface area contributed by atoms with Gasteiger partial charge in [0, 0.05) is 13.1 Å². The Labute approximate surface area is 126 Å². The van der Waals surface area contributed by atoms with E-state index in [4.69, 9.17) is 18.9 Å². The number of likely N-dealkylation sites (tertiary alicyclic amines) is 1. The molecule has 122 valence electrons.